The van der Waals surface area contributed by atoms with Gasteiger partial charge in [0.05, 0.1) is 10.7 Å². The van der Waals surface area contributed by atoms with Crippen molar-refractivity contribution in [2.45, 2.75) is 6.56 Å². The van der Waals surface area contributed by atoms with Crippen LogP contribution in [0.2, 0.25) is 0 Å². The molecule has 0 saturated heterocycles. The van der Waals surface area contributed by atoms with E-state index in [1.807, 2.05) is 6.07 Å². The molecule has 12 heavy (non-hydrogen) atoms. The second kappa shape index (κ2) is 2.95. The van der Waals surface area contributed by atoms with E-state index in [0.717, 1.165) is 5.39 Å². The first-order valence-corrected chi connectivity index (χ1v) is 3.50. The van der Waals surface area contributed by atoms with Crippen molar-refractivity contribution in [2.24, 2.45) is 0 Å². The number of nitrogens with zero attached hydrogens (tertiary/aromatic N) is 1. The summed E-state index contributed by atoms with van der Waals surface area (Å²) >= 11 is 0. The number of methoxy groups -OCH3 is 1. The number of aromatic nitrogens is 2. The van der Waals surface area contributed by atoms with Gasteiger partial charge in [-0.2, -0.15) is 0 Å². The fraction of sp³-hybridized carbons (Fsp3) is 0.222. The minimum atomic E-state index is -1.96. The van der Waals surface area contributed by atoms with Crippen molar-refractivity contribution in [1.29, 1.82) is 0 Å². The Morgan fingerprint density at radius 2 is 2.83 bits per heavy atom. The van der Waals surface area contributed by atoms with Gasteiger partial charge in [0.2, 0.25) is 0 Å². The summed E-state index contributed by atoms with van der Waals surface area (Å²) in [5.41, 5.74) is 1.03. The topological polar surface area (TPSA) is 37.9 Å². The Balaban J connectivity index is 2.42. The number of hydrogen-bond acceptors (Lipinski definition) is 2. The second-order valence-corrected chi connectivity index (χ2v) is 2.39. The third-order valence-electron chi connectivity index (χ3n) is 1.59. The van der Waals surface area contributed by atoms with Crippen molar-refractivity contribution in [2.75, 3.05) is 7.09 Å². The number of pyridine rings is 1. The van der Waals surface area contributed by atoms with Crippen molar-refractivity contribution in [3.05, 3.63) is 30.1 Å². The van der Waals surface area contributed by atoms with Gasteiger partial charge in [-0.3, -0.25) is 0 Å². The van der Waals surface area contributed by atoms with Gasteiger partial charge in [-0.05, 0) is 17.7 Å². The van der Waals surface area contributed by atoms with Crippen molar-refractivity contribution in [3.8, 4) is 0 Å². The summed E-state index contributed by atoms with van der Waals surface area (Å²) in [4.78, 5) is 6.97. The Labute approximate surface area is 74.6 Å². The van der Waals surface area contributed by atoms with Gasteiger partial charge in [-0.15, -0.1) is 0 Å². The lowest BCUT2D eigenvalue weighted by Gasteiger charge is -1.97. The second-order valence-electron chi connectivity index (χ2n) is 2.39. The molecule has 0 atom stereocenters. The normalized spacial score (nSPS) is 15.5. The van der Waals surface area contributed by atoms with Gasteiger partial charge in [0.15, 0.2) is 0 Å². The lowest BCUT2D eigenvalue weighted by Crippen LogP contribution is -1.88. The maximum absolute atomic E-state index is 7.57. The van der Waals surface area contributed by atoms with Crippen LogP contribution in [0.3, 0.4) is 0 Å². The smallest absolute Gasteiger partial charge is 0.137 e. The first-order chi connectivity index (χ1) is 7.13. The predicted octanol–water partition coefficient (Wildman–Crippen LogP) is 1.71. The van der Waals surface area contributed by atoms with E-state index in [-0.39, 0.29) is 0 Å². The zero-order chi connectivity index (χ0) is 10.9. The fourth-order valence-corrected chi connectivity index (χ4v) is 1.08. The highest BCUT2D eigenvalue weighted by atomic mass is 16.5. The molecule has 0 fully saturated rings. The van der Waals surface area contributed by atoms with Gasteiger partial charge >= 0.3 is 0 Å². The minimum absolute atomic E-state index is 0.321. The molecule has 0 bridgehead atoms. The minimum Gasteiger partial charge on any atom is -0.380 e. The van der Waals surface area contributed by atoms with E-state index in [0.29, 0.717) is 11.2 Å². The molecular weight excluding hydrogens is 152 g/mol. The predicted molar refractivity (Wildman–Crippen MR) is 46.8 cm³/mol. The molecule has 3 nitrogen and oxygen atoms in total. The Morgan fingerprint density at radius 3 is 3.75 bits per heavy atom. The Bertz CT molecular complexity index is 469. The SMILES string of the molecule is [2H]COC([2H])([2H])c1cnc2[nH]ccc2c1. The summed E-state index contributed by atoms with van der Waals surface area (Å²) in [6.45, 7) is -1.96. The highest BCUT2D eigenvalue weighted by Crippen LogP contribution is 2.11. The van der Waals surface area contributed by atoms with Crippen LogP contribution in [0, 0.1) is 0 Å². The number of fused-ring (bicyclic) bond motifs is 1. The maximum Gasteiger partial charge on any atom is 0.137 e. The lowest BCUT2D eigenvalue weighted by atomic mass is 10.2. The maximum atomic E-state index is 7.57. The van der Waals surface area contributed by atoms with E-state index in [2.05, 4.69) is 9.97 Å². The van der Waals surface area contributed by atoms with Gasteiger partial charge in [-0.1, -0.05) is 0 Å². The number of rotatable bonds is 2. The van der Waals surface area contributed by atoms with E-state index in [4.69, 9.17) is 8.85 Å². The summed E-state index contributed by atoms with van der Waals surface area (Å²) < 4.78 is 26.7. The first kappa shape index (κ1) is 4.62. The third kappa shape index (κ3) is 1.19. The number of H-pyrrole nitrogens is 1. The van der Waals surface area contributed by atoms with Crippen LogP contribution in [0.1, 0.15) is 9.68 Å². The summed E-state index contributed by atoms with van der Waals surface area (Å²) in [6, 6.07) is 3.47. The molecule has 62 valence electrons. The van der Waals surface area contributed by atoms with Crippen molar-refractivity contribution in [3.63, 3.8) is 0 Å². The van der Waals surface area contributed by atoms with Crippen LogP contribution in [0.4, 0.5) is 0 Å². The third-order valence-corrected chi connectivity index (χ3v) is 1.59. The lowest BCUT2D eigenvalue weighted by molar-refractivity contribution is 0.184. The molecule has 0 amide bonds. The van der Waals surface area contributed by atoms with Gasteiger partial charge < -0.3 is 9.72 Å². The molecule has 2 aromatic heterocycles. The summed E-state index contributed by atoms with van der Waals surface area (Å²) in [5, 5.41) is 0.824. The molecule has 2 aromatic rings. The summed E-state index contributed by atoms with van der Waals surface area (Å²) in [7, 11) is -0.418. The summed E-state index contributed by atoms with van der Waals surface area (Å²) in [5.74, 6) is 0. The molecule has 3 heteroatoms. The van der Waals surface area contributed by atoms with Crippen molar-refractivity contribution < 1.29 is 8.85 Å². The Morgan fingerprint density at radius 1 is 1.83 bits per heavy atom. The molecule has 2 heterocycles. The van der Waals surface area contributed by atoms with Crippen LogP contribution in [0.25, 0.3) is 11.0 Å². The van der Waals surface area contributed by atoms with E-state index in [9.17, 15) is 0 Å². The van der Waals surface area contributed by atoms with E-state index in [1.54, 1.807) is 12.3 Å². The number of nitrogens with one attached hydrogen (secondary N) is 1. The largest absolute Gasteiger partial charge is 0.380 e. The molecule has 0 aliphatic carbocycles. The zero-order valence-electron chi connectivity index (χ0n) is 9.37. The highest BCUT2D eigenvalue weighted by molar-refractivity contribution is 5.75. The zero-order valence-corrected chi connectivity index (χ0v) is 6.37. The number of ether oxygens (including phenoxy) is 1. The van der Waals surface area contributed by atoms with Crippen LogP contribution < -0.4 is 0 Å². The average Bonchev–Trinajstić information content (AvgIpc) is 2.63. The molecule has 0 aromatic carbocycles. The Hall–Kier alpha value is -1.35. The van der Waals surface area contributed by atoms with Crippen LogP contribution in [0.15, 0.2) is 24.5 Å². The molecule has 0 spiro atoms. The Kier molecular flexibility index (Phi) is 1.14. The molecule has 0 aliphatic rings. The molecule has 2 rings (SSSR count). The highest BCUT2D eigenvalue weighted by Gasteiger charge is 1.96. The van der Waals surface area contributed by atoms with Crippen molar-refractivity contribution in [1.82, 2.24) is 9.97 Å². The van der Waals surface area contributed by atoms with Gasteiger partial charge in [-0.25, -0.2) is 4.98 Å². The molecule has 1 N–H and O–H groups in total. The monoisotopic (exact) mass is 165 g/mol. The number of hydrogen-bond donors (Lipinski definition) is 1. The molecule has 0 unspecified atom stereocenters. The van der Waals surface area contributed by atoms with Crippen LogP contribution in [-0.4, -0.2) is 17.1 Å². The van der Waals surface area contributed by atoms with Crippen LogP contribution in [-0.2, 0) is 11.3 Å². The molecular formula is C9H10N2O. The molecule has 0 saturated carbocycles. The van der Waals surface area contributed by atoms with E-state index in [1.165, 1.54) is 6.20 Å². The van der Waals surface area contributed by atoms with Gasteiger partial charge in [0, 0.05) is 24.9 Å². The van der Waals surface area contributed by atoms with E-state index >= 15 is 0 Å². The van der Waals surface area contributed by atoms with Crippen LogP contribution >= 0.6 is 0 Å². The average molecular weight is 165 g/mol. The van der Waals surface area contributed by atoms with Gasteiger partial charge in [0.1, 0.15) is 5.65 Å². The quantitative estimate of drug-likeness (QED) is 0.735. The standard InChI is InChI=1S/C9H10N2O/c1-12-6-7-4-8-2-3-10-9(8)11-5-7/h2-5H,6H2,1H3,(H,10,11)/i1D,6D2. The number of aromatic amines is 1. The first-order valence-electron chi connectivity index (χ1n) is 5.21. The molecule has 0 radical (unpaired) electrons. The van der Waals surface area contributed by atoms with Crippen molar-refractivity contribution >= 4 is 11.0 Å². The molecule has 0 aliphatic heterocycles. The summed E-state index contributed by atoms with van der Waals surface area (Å²) in [6.07, 6.45) is 3.15. The van der Waals surface area contributed by atoms with E-state index < -0.39 is 13.6 Å². The van der Waals surface area contributed by atoms with Gasteiger partial charge in [0.25, 0.3) is 0 Å². The van der Waals surface area contributed by atoms with Crippen LogP contribution in [0.5, 0.6) is 0 Å². The fourth-order valence-electron chi connectivity index (χ4n) is 1.08.